The number of benzene rings is 1. The molecule has 1 fully saturated rings. The molecule has 22 heavy (non-hydrogen) atoms. The van der Waals surface area contributed by atoms with Crippen LogP contribution in [0.1, 0.15) is 40.9 Å². The smallest absolute Gasteiger partial charge is 0.267 e. The van der Waals surface area contributed by atoms with Crippen molar-refractivity contribution in [3.63, 3.8) is 0 Å². The van der Waals surface area contributed by atoms with Gasteiger partial charge in [-0.3, -0.25) is 4.79 Å². The Morgan fingerprint density at radius 3 is 2.73 bits per heavy atom. The fourth-order valence-corrected chi connectivity index (χ4v) is 3.33. The van der Waals surface area contributed by atoms with E-state index < -0.39 is 0 Å². The summed E-state index contributed by atoms with van der Waals surface area (Å²) < 4.78 is 0. The van der Waals surface area contributed by atoms with Crippen molar-refractivity contribution in [3.8, 4) is 0 Å². The number of fused-ring (bicyclic) bond motifs is 1. The lowest BCUT2D eigenvalue weighted by atomic mass is 10.1. The Hall–Kier alpha value is -1.81. The molecule has 4 nitrogen and oxygen atoms in total. The summed E-state index contributed by atoms with van der Waals surface area (Å²) >= 11 is 0. The molecular formula is C18H25N3O. The number of H-pyrrole nitrogens is 1. The molecule has 0 atom stereocenters. The summed E-state index contributed by atoms with van der Waals surface area (Å²) in [4.78, 5) is 18.0. The van der Waals surface area contributed by atoms with Crippen molar-refractivity contribution in [1.29, 1.82) is 0 Å². The summed E-state index contributed by atoms with van der Waals surface area (Å²) in [7, 11) is 0. The molecule has 2 heterocycles. The molecule has 118 valence electrons. The monoisotopic (exact) mass is 299 g/mol. The fourth-order valence-electron chi connectivity index (χ4n) is 3.33. The van der Waals surface area contributed by atoms with Gasteiger partial charge in [-0.25, -0.2) is 0 Å². The minimum Gasteiger partial charge on any atom is -0.351 e. The Morgan fingerprint density at radius 2 is 1.95 bits per heavy atom. The number of aryl methyl sites for hydroxylation is 2. The van der Waals surface area contributed by atoms with Gasteiger partial charge in [-0.2, -0.15) is 0 Å². The second kappa shape index (κ2) is 6.53. The predicted molar refractivity (Wildman–Crippen MR) is 90.4 cm³/mol. The van der Waals surface area contributed by atoms with Crippen molar-refractivity contribution in [1.82, 2.24) is 15.2 Å². The highest BCUT2D eigenvalue weighted by atomic mass is 16.1. The molecule has 0 spiro atoms. The van der Waals surface area contributed by atoms with Crippen molar-refractivity contribution >= 4 is 16.8 Å². The first-order valence-electron chi connectivity index (χ1n) is 8.24. The van der Waals surface area contributed by atoms with Crippen LogP contribution in [0.5, 0.6) is 0 Å². The van der Waals surface area contributed by atoms with Gasteiger partial charge < -0.3 is 15.2 Å². The van der Waals surface area contributed by atoms with Crippen molar-refractivity contribution in [2.45, 2.75) is 33.1 Å². The quantitative estimate of drug-likeness (QED) is 0.912. The molecule has 0 bridgehead atoms. The lowest BCUT2D eigenvalue weighted by Gasteiger charge is -2.26. The highest BCUT2D eigenvalue weighted by Gasteiger charge is 2.13. The maximum atomic E-state index is 12.3. The molecule has 1 saturated heterocycles. The molecule has 0 aliphatic carbocycles. The largest absolute Gasteiger partial charge is 0.351 e. The number of aromatic amines is 1. The third-order valence-corrected chi connectivity index (χ3v) is 4.50. The number of nitrogens with zero attached hydrogens (tertiary/aromatic N) is 1. The maximum Gasteiger partial charge on any atom is 0.267 e. The first-order valence-corrected chi connectivity index (χ1v) is 8.24. The van der Waals surface area contributed by atoms with E-state index in [1.54, 1.807) is 0 Å². The third kappa shape index (κ3) is 3.33. The van der Waals surface area contributed by atoms with Crippen LogP contribution in [0.3, 0.4) is 0 Å². The molecule has 1 amide bonds. The van der Waals surface area contributed by atoms with E-state index >= 15 is 0 Å². The second-order valence-electron chi connectivity index (χ2n) is 6.38. The first kappa shape index (κ1) is 15.1. The predicted octanol–water partition coefficient (Wildman–Crippen LogP) is 3.00. The molecule has 0 unspecified atom stereocenters. The van der Waals surface area contributed by atoms with E-state index in [4.69, 9.17) is 0 Å². The average Bonchev–Trinajstić information content (AvgIpc) is 2.92. The Balaban J connectivity index is 1.61. The average molecular weight is 299 g/mol. The number of hydrogen-bond acceptors (Lipinski definition) is 2. The number of nitrogens with one attached hydrogen (secondary N) is 2. The van der Waals surface area contributed by atoms with Gasteiger partial charge in [-0.15, -0.1) is 0 Å². The van der Waals surface area contributed by atoms with E-state index in [0.29, 0.717) is 12.2 Å². The Bertz CT molecular complexity index is 668. The standard InChI is InChI=1S/C18H25N3O/c1-13-10-14(2)15-12-17(20-16(15)11-13)18(22)19-6-9-21-7-4-3-5-8-21/h10-12,20H,3-9H2,1-2H3,(H,19,22). The first-order chi connectivity index (χ1) is 10.6. The molecule has 1 aliphatic rings. The van der Waals surface area contributed by atoms with Crippen LogP contribution in [0.4, 0.5) is 0 Å². The normalized spacial score (nSPS) is 16.1. The summed E-state index contributed by atoms with van der Waals surface area (Å²) in [6.07, 6.45) is 3.92. The van der Waals surface area contributed by atoms with Gasteiger partial charge in [0.1, 0.15) is 5.69 Å². The minimum atomic E-state index is -0.00902. The molecule has 4 heteroatoms. The van der Waals surface area contributed by atoms with E-state index in [1.165, 1.54) is 43.5 Å². The number of aromatic nitrogens is 1. The number of amides is 1. The zero-order valence-electron chi connectivity index (χ0n) is 13.5. The highest BCUT2D eigenvalue weighted by Crippen LogP contribution is 2.21. The van der Waals surface area contributed by atoms with E-state index in [-0.39, 0.29) is 5.91 Å². The lowest BCUT2D eigenvalue weighted by molar-refractivity contribution is 0.0942. The van der Waals surface area contributed by atoms with Crippen LogP contribution in [0, 0.1) is 13.8 Å². The van der Waals surface area contributed by atoms with Gasteiger partial charge in [0.05, 0.1) is 0 Å². The van der Waals surface area contributed by atoms with Crippen molar-refractivity contribution in [2.75, 3.05) is 26.2 Å². The summed E-state index contributed by atoms with van der Waals surface area (Å²) in [5, 5.41) is 4.16. The van der Waals surface area contributed by atoms with E-state index in [2.05, 4.69) is 41.2 Å². The third-order valence-electron chi connectivity index (χ3n) is 4.50. The second-order valence-corrected chi connectivity index (χ2v) is 6.38. The number of carbonyl (C=O) groups excluding carboxylic acids is 1. The van der Waals surface area contributed by atoms with Gasteiger partial charge >= 0.3 is 0 Å². The van der Waals surface area contributed by atoms with Crippen LogP contribution in [0.25, 0.3) is 10.9 Å². The fraction of sp³-hybridized carbons (Fsp3) is 0.500. The van der Waals surface area contributed by atoms with Gasteiger partial charge in [0.2, 0.25) is 0 Å². The van der Waals surface area contributed by atoms with Crippen molar-refractivity contribution in [2.24, 2.45) is 0 Å². The Morgan fingerprint density at radius 1 is 1.18 bits per heavy atom. The summed E-state index contributed by atoms with van der Waals surface area (Å²) in [6.45, 7) is 8.16. The van der Waals surface area contributed by atoms with Crippen LogP contribution in [0.15, 0.2) is 18.2 Å². The van der Waals surface area contributed by atoms with Crippen molar-refractivity contribution in [3.05, 3.63) is 35.0 Å². The van der Waals surface area contributed by atoms with Gasteiger partial charge in [0.25, 0.3) is 5.91 Å². The van der Waals surface area contributed by atoms with Gasteiger partial charge in [-0.1, -0.05) is 12.5 Å². The topological polar surface area (TPSA) is 48.1 Å². The molecular weight excluding hydrogens is 274 g/mol. The maximum absolute atomic E-state index is 12.3. The molecule has 2 N–H and O–H groups in total. The number of hydrogen-bond donors (Lipinski definition) is 2. The number of carbonyl (C=O) groups is 1. The van der Waals surface area contributed by atoms with E-state index in [1.807, 2.05) is 6.07 Å². The molecule has 3 rings (SSSR count). The highest BCUT2D eigenvalue weighted by molar-refractivity contribution is 5.98. The minimum absolute atomic E-state index is 0.00902. The van der Waals surface area contributed by atoms with Gasteiger partial charge in [0.15, 0.2) is 0 Å². The molecule has 0 saturated carbocycles. The van der Waals surface area contributed by atoms with Crippen LogP contribution >= 0.6 is 0 Å². The Kier molecular flexibility index (Phi) is 4.48. The van der Waals surface area contributed by atoms with Crippen LogP contribution in [-0.4, -0.2) is 42.0 Å². The van der Waals surface area contributed by atoms with Crippen molar-refractivity contribution < 1.29 is 4.79 Å². The molecule has 1 aliphatic heterocycles. The SMILES string of the molecule is Cc1cc(C)c2cc(C(=O)NCCN3CCCCC3)[nH]c2c1. The molecule has 0 radical (unpaired) electrons. The van der Waals surface area contributed by atoms with Gasteiger partial charge in [-0.05, 0) is 63.0 Å². The summed E-state index contributed by atoms with van der Waals surface area (Å²) in [6, 6.07) is 6.20. The zero-order valence-corrected chi connectivity index (χ0v) is 13.5. The molecule has 1 aromatic carbocycles. The summed E-state index contributed by atoms with van der Waals surface area (Å²) in [5.74, 6) is -0.00902. The summed E-state index contributed by atoms with van der Waals surface area (Å²) in [5.41, 5.74) is 4.11. The van der Waals surface area contributed by atoms with Crippen LogP contribution in [-0.2, 0) is 0 Å². The zero-order chi connectivity index (χ0) is 15.5. The number of rotatable bonds is 4. The van der Waals surface area contributed by atoms with Crippen LogP contribution < -0.4 is 5.32 Å². The molecule has 2 aromatic rings. The van der Waals surface area contributed by atoms with Gasteiger partial charge in [0, 0.05) is 24.0 Å². The number of piperidine rings is 1. The van der Waals surface area contributed by atoms with E-state index in [0.717, 1.165) is 17.4 Å². The van der Waals surface area contributed by atoms with E-state index in [9.17, 15) is 4.79 Å². The Labute approximate surface area is 131 Å². The number of likely N-dealkylation sites (tertiary alicyclic amines) is 1. The lowest BCUT2D eigenvalue weighted by Crippen LogP contribution is -2.37. The van der Waals surface area contributed by atoms with Crippen LogP contribution in [0.2, 0.25) is 0 Å². The molecule has 1 aromatic heterocycles.